The van der Waals surface area contributed by atoms with Gasteiger partial charge >= 0.3 is 11.7 Å². The van der Waals surface area contributed by atoms with Crippen molar-refractivity contribution < 1.29 is 19.6 Å². The largest absolute Gasteiger partial charge is 0.480 e. The molecule has 0 saturated carbocycles. The number of nitro groups is 1. The first-order valence-electron chi connectivity index (χ1n) is 5.24. The Labute approximate surface area is 107 Å². The maximum Gasteiger partial charge on any atom is 0.322 e. The third kappa shape index (κ3) is 4.58. The number of nitrogens with zero attached hydrogens (tertiary/aromatic N) is 2. The molecule has 1 aromatic heterocycles. The van der Waals surface area contributed by atoms with Gasteiger partial charge in [-0.3, -0.25) is 19.7 Å². The number of amides is 1. The van der Waals surface area contributed by atoms with Crippen LogP contribution in [0.25, 0.3) is 0 Å². The normalized spacial score (nSPS) is 9.74. The number of nitrogens with one attached hydrogen (secondary N) is 2. The number of pyridine rings is 1. The number of carboxylic acids is 1. The first-order valence-corrected chi connectivity index (χ1v) is 5.24. The highest BCUT2D eigenvalue weighted by atomic mass is 16.6. The second-order valence-electron chi connectivity index (χ2n) is 3.60. The van der Waals surface area contributed by atoms with E-state index in [1.165, 1.54) is 12.1 Å². The lowest BCUT2D eigenvalue weighted by Gasteiger charge is -2.06. The molecule has 19 heavy (non-hydrogen) atoms. The lowest BCUT2D eigenvalue weighted by Crippen LogP contribution is -2.34. The van der Waals surface area contributed by atoms with Gasteiger partial charge < -0.3 is 15.7 Å². The smallest absolute Gasteiger partial charge is 0.322 e. The summed E-state index contributed by atoms with van der Waals surface area (Å²) in [5.41, 5.74) is 0.302. The lowest BCUT2D eigenvalue weighted by molar-refractivity contribution is -0.384. The third-order valence-electron chi connectivity index (χ3n) is 2.06. The Balaban J connectivity index is 2.66. The predicted molar refractivity (Wildman–Crippen MR) is 64.8 cm³/mol. The summed E-state index contributed by atoms with van der Waals surface area (Å²) < 4.78 is 0. The number of hydrogen-bond acceptors (Lipinski definition) is 6. The van der Waals surface area contributed by atoms with E-state index in [9.17, 15) is 19.7 Å². The van der Waals surface area contributed by atoms with E-state index in [1.807, 2.05) is 0 Å². The number of anilines is 1. The van der Waals surface area contributed by atoms with E-state index in [0.29, 0.717) is 5.69 Å². The monoisotopic (exact) mass is 268 g/mol. The highest BCUT2D eigenvalue weighted by Gasteiger charge is 2.15. The average Bonchev–Trinajstić information content (AvgIpc) is 2.33. The Morgan fingerprint density at radius 3 is 2.68 bits per heavy atom. The van der Waals surface area contributed by atoms with Crippen molar-refractivity contribution in [3.05, 3.63) is 27.9 Å². The molecule has 0 radical (unpaired) electrons. The van der Waals surface area contributed by atoms with E-state index in [1.54, 1.807) is 6.92 Å². The van der Waals surface area contributed by atoms with Crippen LogP contribution in [-0.2, 0) is 9.59 Å². The van der Waals surface area contributed by atoms with Gasteiger partial charge in [0.2, 0.25) is 11.7 Å². The zero-order chi connectivity index (χ0) is 14.4. The van der Waals surface area contributed by atoms with Crippen molar-refractivity contribution in [1.29, 1.82) is 0 Å². The van der Waals surface area contributed by atoms with E-state index < -0.39 is 23.3 Å². The molecule has 0 spiro atoms. The van der Waals surface area contributed by atoms with E-state index in [0.717, 1.165) is 0 Å². The third-order valence-corrected chi connectivity index (χ3v) is 2.06. The molecule has 1 aromatic rings. The van der Waals surface area contributed by atoms with E-state index in [-0.39, 0.29) is 18.1 Å². The molecular weight excluding hydrogens is 256 g/mol. The van der Waals surface area contributed by atoms with Gasteiger partial charge in [-0.05, 0) is 13.0 Å². The SMILES string of the molecule is Cc1ccc([N+](=O)[O-])c(NCC(=O)NCC(=O)O)n1. The number of rotatable bonds is 6. The fourth-order valence-corrected chi connectivity index (χ4v) is 1.23. The second-order valence-corrected chi connectivity index (χ2v) is 3.60. The minimum atomic E-state index is -1.17. The zero-order valence-corrected chi connectivity index (χ0v) is 10.0. The molecule has 9 nitrogen and oxygen atoms in total. The lowest BCUT2D eigenvalue weighted by atomic mass is 10.3. The molecule has 9 heteroatoms. The van der Waals surface area contributed by atoms with Gasteiger partial charge in [-0.2, -0.15) is 0 Å². The fourth-order valence-electron chi connectivity index (χ4n) is 1.23. The highest BCUT2D eigenvalue weighted by molar-refractivity contribution is 5.84. The highest BCUT2D eigenvalue weighted by Crippen LogP contribution is 2.21. The molecule has 0 aliphatic carbocycles. The summed E-state index contributed by atoms with van der Waals surface area (Å²) in [6.07, 6.45) is 0. The van der Waals surface area contributed by atoms with Gasteiger partial charge in [0, 0.05) is 11.8 Å². The molecule has 0 unspecified atom stereocenters. The standard InChI is InChI=1S/C10H12N4O5/c1-6-2-3-7(14(18)19)10(13-6)12-4-8(15)11-5-9(16)17/h2-3H,4-5H2,1H3,(H,11,15)(H,12,13)(H,16,17). The van der Waals surface area contributed by atoms with Crippen LogP contribution in [0.4, 0.5) is 11.5 Å². The van der Waals surface area contributed by atoms with Gasteiger partial charge in [-0.25, -0.2) is 4.98 Å². The molecule has 1 heterocycles. The average molecular weight is 268 g/mol. The Kier molecular flexibility index (Phi) is 4.75. The topological polar surface area (TPSA) is 134 Å². The van der Waals surface area contributed by atoms with Gasteiger partial charge in [0.1, 0.15) is 6.54 Å². The molecule has 0 fully saturated rings. The second kappa shape index (κ2) is 6.28. The summed E-state index contributed by atoms with van der Waals surface area (Å²) >= 11 is 0. The Bertz CT molecular complexity index is 517. The van der Waals surface area contributed by atoms with Gasteiger partial charge in [-0.15, -0.1) is 0 Å². The summed E-state index contributed by atoms with van der Waals surface area (Å²) in [6.45, 7) is 0.841. The first-order chi connectivity index (χ1) is 8.90. The molecule has 3 N–H and O–H groups in total. The van der Waals surface area contributed by atoms with Crippen LogP contribution in [-0.4, -0.2) is 40.0 Å². The predicted octanol–water partition coefficient (Wildman–Crippen LogP) is -0.0891. The molecule has 0 saturated heterocycles. The molecule has 1 rings (SSSR count). The van der Waals surface area contributed by atoms with Crippen LogP contribution in [0.3, 0.4) is 0 Å². The number of aromatic nitrogens is 1. The maximum absolute atomic E-state index is 11.3. The molecule has 102 valence electrons. The minimum Gasteiger partial charge on any atom is -0.480 e. The molecule has 0 aromatic carbocycles. The van der Waals surface area contributed by atoms with Gasteiger partial charge in [-0.1, -0.05) is 0 Å². The van der Waals surface area contributed by atoms with E-state index >= 15 is 0 Å². The van der Waals surface area contributed by atoms with Crippen LogP contribution in [0.15, 0.2) is 12.1 Å². The van der Waals surface area contributed by atoms with Crippen molar-refractivity contribution >= 4 is 23.4 Å². The van der Waals surface area contributed by atoms with Crippen molar-refractivity contribution in [2.24, 2.45) is 0 Å². The van der Waals surface area contributed by atoms with E-state index in [4.69, 9.17) is 5.11 Å². The van der Waals surface area contributed by atoms with Crippen LogP contribution in [0, 0.1) is 17.0 Å². The van der Waals surface area contributed by atoms with Crippen LogP contribution in [0.5, 0.6) is 0 Å². The number of hydrogen-bond donors (Lipinski definition) is 3. The van der Waals surface area contributed by atoms with Crippen LogP contribution in [0.1, 0.15) is 5.69 Å². The summed E-state index contributed by atoms with van der Waals surface area (Å²) in [5, 5.41) is 23.7. The Hall–Kier alpha value is -2.71. The summed E-state index contributed by atoms with van der Waals surface area (Å²) in [5.74, 6) is -1.80. The van der Waals surface area contributed by atoms with Crippen molar-refractivity contribution in [3.8, 4) is 0 Å². The van der Waals surface area contributed by atoms with Crippen LogP contribution >= 0.6 is 0 Å². The van der Waals surface area contributed by atoms with Gasteiger partial charge in [0.05, 0.1) is 11.5 Å². The van der Waals surface area contributed by atoms with Gasteiger partial charge in [0.25, 0.3) is 0 Å². The molecule has 0 aliphatic heterocycles. The molecule has 0 bridgehead atoms. The zero-order valence-electron chi connectivity index (χ0n) is 10.0. The van der Waals surface area contributed by atoms with Crippen LogP contribution in [0.2, 0.25) is 0 Å². The van der Waals surface area contributed by atoms with Crippen molar-refractivity contribution in [2.45, 2.75) is 6.92 Å². The fraction of sp³-hybridized carbons (Fsp3) is 0.300. The van der Waals surface area contributed by atoms with Gasteiger partial charge in [0.15, 0.2) is 0 Å². The Morgan fingerprint density at radius 1 is 1.42 bits per heavy atom. The van der Waals surface area contributed by atoms with Crippen LogP contribution < -0.4 is 10.6 Å². The number of carbonyl (C=O) groups is 2. The number of carboxylic acid groups (broad SMARTS) is 1. The number of aryl methyl sites for hydroxylation is 1. The molecule has 1 amide bonds. The first kappa shape index (κ1) is 14.4. The van der Waals surface area contributed by atoms with Crippen molar-refractivity contribution in [2.75, 3.05) is 18.4 Å². The number of carbonyl (C=O) groups excluding carboxylic acids is 1. The summed E-state index contributed by atoms with van der Waals surface area (Å²) in [7, 11) is 0. The quantitative estimate of drug-likeness (QED) is 0.484. The van der Waals surface area contributed by atoms with Crippen molar-refractivity contribution in [1.82, 2.24) is 10.3 Å². The summed E-state index contributed by atoms with van der Waals surface area (Å²) in [4.78, 5) is 35.5. The Morgan fingerprint density at radius 2 is 2.11 bits per heavy atom. The summed E-state index contributed by atoms with van der Waals surface area (Å²) in [6, 6.07) is 2.76. The molecule has 0 atom stereocenters. The number of aliphatic carboxylic acids is 1. The minimum absolute atomic E-state index is 0.0320. The maximum atomic E-state index is 11.3. The van der Waals surface area contributed by atoms with Crippen molar-refractivity contribution in [3.63, 3.8) is 0 Å². The van der Waals surface area contributed by atoms with E-state index in [2.05, 4.69) is 15.6 Å². The molecule has 0 aliphatic rings. The molecular formula is C10H12N4O5.